The van der Waals surface area contributed by atoms with E-state index in [4.69, 9.17) is 0 Å². The van der Waals surface area contributed by atoms with E-state index in [-0.39, 0.29) is 6.04 Å². The zero-order valence-corrected chi connectivity index (χ0v) is 15.8. The first-order valence-corrected chi connectivity index (χ1v) is 9.91. The molecule has 0 spiro atoms. The van der Waals surface area contributed by atoms with Crippen LogP contribution < -0.4 is 5.32 Å². The Balaban J connectivity index is 1.47. The van der Waals surface area contributed by atoms with Crippen molar-refractivity contribution in [2.75, 3.05) is 33.2 Å². The first-order chi connectivity index (χ1) is 12.2. The van der Waals surface area contributed by atoms with Gasteiger partial charge >= 0.3 is 0 Å². The molecule has 0 saturated carbocycles. The van der Waals surface area contributed by atoms with E-state index in [1.807, 2.05) is 7.05 Å². The number of likely N-dealkylation sites (N-methyl/N-ethyl adjacent to an activating group) is 1. The Morgan fingerprint density at radius 3 is 2.56 bits per heavy atom. The second-order valence-electron chi connectivity index (χ2n) is 7.76. The van der Waals surface area contributed by atoms with Gasteiger partial charge < -0.3 is 10.2 Å². The molecule has 4 nitrogen and oxygen atoms in total. The molecule has 138 valence electrons. The van der Waals surface area contributed by atoms with Gasteiger partial charge in [-0.1, -0.05) is 30.3 Å². The average Bonchev–Trinajstić information content (AvgIpc) is 2.68. The summed E-state index contributed by atoms with van der Waals surface area (Å²) in [6.45, 7) is 5.99. The summed E-state index contributed by atoms with van der Waals surface area (Å²) in [7, 11) is 2.00. The van der Waals surface area contributed by atoms with Crippen LogP contribution in [0.2, 0.25) is 0 Å². The average molecular weight is 344 g/mol. The van der Waals surface area contributed by atoms with E-state index >= 15 is 0 Å². The van der Waals surface area contributed by atoms with Crippen LogP contribution in [-0.4, -0.2) is 61.0 Å². The fourth-order valence-corrected chi connectivity index (χ4v) is 4.33. The summed E-state index contributed by atoms with van der Waals surface area (Å²) in [5, 5.41) is 3.33. The van der Waals surface area contributed by atoms with Gasteiger partial charge in [0.2, 0.25) is 5.91 Å². The van der Waals surface area contributed by atoms with Crippen molar-refractivity contribution in [3.63, 3.8) is 0 Å². The highest BCUT2D eigenvalue weighted by atomic mass is 16.2. The van der Waals surface area contributed by atoms with Crippen LogP contribution in [0.5, 0.6) is 0 Å². The van der Waals surface area contributed by atoms with Gasteiger partial charge in [-0.25, -0.2) is 0 Å². The van der Waals surface area contributed by atoms with Crippen LogP contribution in [0, 0.1) is 5.92 Å². The molecular formula is C21H33N3O. The first kappa shape index (κ1) is 18.4. The maximum atomic E-state index is 12.9. The Kier molecular flexibility index (Phi) is 6.49. The number of hydrogen-bond donors (Lipinski definition) is 1. The lowest BCUT2D eigenvalue weighted by molar-refractivity contribution is -0.138. The van der Waals surface area contributed by atoms with Crippen molar-refractivity contribution in [1.29, 1.82) is 0 Å². The quantitative estimate of drug-likeness (QED) is 0.892. The molecule has 2 aliphatic rings. The number of benzene rings is 1. The molecule has 25 heavy (non-hydrogen) atoms. The lowest BCUT2D eigenvalue weighted by Crippen LogP contribution is -2.54. The van der Waals surface area contributed by atoms with Gasteiger partial charge in [-0.3, -0.25) is 9.69 Å². The number of rotatable bonds is 5. The third kappa shape index (κ3) is 4.83. The van der Waals surface area contributed by atoms with Gasteiger partial charge in [0.05, 0.1) is 6.04 Å². The lowest BCUT2D eigenvalue weighted by atomic mass is 9.89. The lowest BCUT2D eigenvalue weighted by Gasteiger charge is -2.39. The fraction of sp³-hybridized carbons (Fsp3) is 0.667. The van der Waals surface area contributed by atoms with Crippen molar-refractivity contribution in [3.8, 4) is 0 Å². The largest absolute Gasteiger partial charge is 0.340 e. The predicted octanol–water partition coefficient (Wildman–Crippen LogP) is 2.54. The molecule has 0 aliphatic carbocycles. The number of amides is 1. The highest BCUT2D eigenvalue weighted by Crippen LogP contribution is 2.24. The van der Waals surface area contributed by atoms with E-state index in [9.17, 15) is 4.79 Å². The number of carbonyl (C=O) groups is 1. The molecule has 2 atom stereocenters. The molecule has 1 aromatic rings. The minimum absolute atomic E-state index is 0.0216. The standard InChI is InChI=1S/C21H33N3O/c1-17(21(25)24-12-6-9-20(16-24)22-2)23-13-10-19(11-14-23)15-18-7-4-3-5-8-18/h3-5,7-8,17,19-20,22H,6,9-16H2,1-2H3. The molecule has 0 aromatic heterocycles. The molecule has 1 aromatic carbocycles. The van der Waals surface area contributed by atoms with Crippen LogP contribution in [-0.2, 0) is 11.2 Å². The van der Waals surface area contributed by atoms with Crippen LogP contribution in [0.15, 0.2) is 30.3 Å². The van der Waals surface area contributed by atoms with Gasteiger partial charge in [0.15, 0.2) is 0 Å². The molecule has 2 unspecified atom stereocenters. The van der Waals surface area contributed by atoms with Crippen molar-refractivity contribution in [2.24, 2.45) is 5.92 Å². The zero-order chi connectivity index (χ0) is 17.6. The molecule has 3 rings (SSSR count). The van der Waals surface area contributed by atoms with Gasteiger partial charge in [0, 0.05) is 19.1 Å². The van der Waals surface area contributed by atoms with Crippen LogP contribution >= 0.6 is 0 Å². The van der Waals surface area contributed by atoms with E-state index in [2.05, 4.69) is 52.4 Å². The van der Waals surface area contributed by atoms with Gasteiger partial charge in [-0.2, -0.15) is 0 Å². The number of piperidine rings is 2. The molecule has 0 bridgehead atoms. The topological polar surface area (TPSA) is 35.6 Å². The van der Waals surface area contributed by atoms with Crippen LogP contribution in [0.25, 0.3) is 0 Å². The highest BCUT2D eigenvalue weighted by Gasteiger charge is 2.31. The summed E-state index contributed by atoms with van der Waals surface area (Å²) in [5.41, 5.74) is 1.44. The van der Waals surface area contributed by atoms with Gasteiger partial charge in [-0.15, -0.1) is 0 Å². The molecule has 2 saturated heterocycles. The Labute approximate surface area is 152 Å². The van der Waals surface area contributed by atoms with E-state index in [1.165, 1.54) is 31.2 Å². The zero-order valence-electron chi connectivity index (χ0n) is 15.8. The molecular weight excluding hydrogens is 310 g/mol. The van der Waals surface area contributed by atoms with E-state index in [0.29, 0.717) is 11.9 Å². The molecule has 2 fully saturated rings. The van der Waals surface area contributed by atoms with Crippen molar-refractivity contribution in [3.05, 3.63) is 35.9 Å². The summed E-state index contributed by atoms with van der Waals surface area (Å²) < 4.78 is 0. The second kappa shape index (κ2) is 8.81. The smallest absolute Gasteiger partial charge is 0.239 e. The number of hydrogen-bond acceptors (Lipinski definition) is 3. The maximum absolute atomic E-state index is 12.9. The number of nitrogens with one attached hydrogen (secondary N) is 1. The molecule has 1 amide bonds. The van der Waals surface area contributed by atoms with E-state index in [0.717, 1.165) is 38.5 Å². The SMILES string of the molecule is CNC1CCCN(C(=O)C(C)N2CCC(Cc3ccccc3)CC2)C1. The van der Waals surface area contributed by atoms with Crippen LogP contribution in [0.3, 0.4) is 0 Å². The van der Waals surface area contributed by atoms with Gasteiger partial charge in [-0.05, 0) is 70.6 Å². The Morgan fingerprint density at radius 2 is 1.88 bits per heavy atom. The number of likely N-dealkylation sites (tertiary alicyclic amines) is 2. The fourth-order valence-electron chi connectivity index (χ4n) is 4.33. The third-order valence-corrected chi connectivity index (χ3v) is 6.06. The summed E-state index contributed by atoms with van der Waals surface area (Å²) >= 11 is 0. The first-order valence-electron chi connectivity index (χ1n) is 9.91. The molecule has 2 heterocycles. The highest BCUT2D eigenvalue weighted by molar-refractivity contribution is 5.81. The Hall–Kier alpha value is -1.39. The Bertz CT molecular complexity index is 539. The summed E-state index contributed by atoms with van der Waals surface area (Å²) in [4.78, 5) is 17.4. The monoisotopic (exact) mass is 343 g/mol. The molecule has 4 heteroatoms. The van der Waals surface area contributed by atoms with Crippen LogP contribution in [0.4, 0.5) is 0 Å². The summed E-state index contributed by atoms with van der Waals surface area (Å²) in [6, 6.07) is 11.3. The Morgan fingerprint density at radius 1 is 1.16 bits per heavy atom. The predicted molar refractivity (Wildman–Crippen MR) is 103 cm³/mol. The van der Waals surface area contributed by atoms with Crippen molar-refractivity contribution < 1.29 is 4.79 Å². The van der Waals surface area contributed by atoms with Gasteiger partial charge in [0.1, 0.15) is 0 Å². The third-order valence-electron chi connectivity index (χ3n) is 6.06. The molecule has 0 radical (unpaired) electrons. The van der Waals surface area contributed by atoms with Crippen molar-refractivity contribution in [1.82, 2.24) is 15.1 Å². The van der Waals surface area contributed by atoms with Crippen molar-refractivity contribution >= 4 is 5.91 Å². The maximum Gasteiger partial charge on any atom is 0.239 e. The summed E-state index contributed by atoms with van der Waals surface area (Å²) in [5.74, 6) is 1.08. The number of carbonyl (C=O) groups excluding carboxylic acids is 1. The molecule has 2 aliphatic heterocycles. The van der Waals surface area contributed by atoms with Gasteiger partial charge in [0.25, 0.3) is 0 Å². The normalized spacial score (nSPS) is 24.2. The number of nitrogens with zero attached hydrogens (tertiary/aromatic N) is 2. The second-order valence-corrected chi connectivity index (χ2v) is 7.76. The summed E-state index contributed by atoms with van der Waals surface area (Å²) in [6.07, 6.45) is 5.87. The molecule has 1 N–H and O–H groups in total. The van der Waals surface area contributed by atoms with E-state index in [1.54, 1.807) is 0 Å². The van der Waals surface area contributed by atoms with Crippen molar-refractivity contribution in [2.45, 2.75) is 51.1 Å². The van der Waals surface area contributed by atoms with E-state index < -0.39 is 0 Å². The minimum Gasteiger partial charge on any atom is -0.340 e. The van der Waals surface area contributed by atoms with Crippen LogP contribution in [0.1, 0.15) is 38.2 Å². The minimum atomic E-state index is 0.0216.